The van der Waals surface area contributed by atoms with Crippen LogP contribution in [0.4, 0.5) is 17.1 Å². The largest absolute Gasteiger partial charge is 0.497 e. The average Bonchev–Trinajstić information content (AvgIpc) is 3.01. The zero-order valence-corrected chi connectivity index (χ0v) is 25.3. The number of nitrogens with one attached hydrogen (secondary N) is 2. The van der Waals surface area contributed by atoms with Crippen LogP contribution >= 0.6 is 0 Å². The van der Waals surface area contributed by atoms with Crippen molar-refractivity contribution in [1.82, 2.24) is 0 Å². The molecule has 0 spiro atoms. The molecule has 13 heteroatoms. The van der Waals surface area contributed by atoms with Gasteiger partial charge in [0.1, 0.15) is 23.8 Å². The number of amides is 1. The first-order valence-electron chi connectivity index (χ1n) is 13.0. The Morgan fingerprint density at radius 3 is 2.09 bits per heavy atom. The summed E-state index contributed by atoms with van der Waals surface area (Å²) in [6.07, 6.45) is 0. The molecule has 11 nitrogen and oxygen atoms in total. The third kappa shape index (κ3) is 7.37. The van der Waals surface area contributed by atoms with Crippen LogP contribution in [0.5, 0.6) is 17.2 Å². The summed E-state index contributed by atoms with van der Waals surface area (Å²) < 4.78 is 73.0. The third-order valence-electron chi connectivity index (χ3n) is 6.15. The number of anilines is 3. The Kier molecular flexibility index (Phi) is 9.78. The lowest BCUT2D eigenvalue weighted by Crippen LogP contribution is -2.38. The molecule has 226 valence electrons. The second kappa shape index (κ2) is 13.5. The molecule has 4 aromatic rings. The van der Waals surface area contributed by atoms with Crippen LogP contribution in [0, 0.1) is 0 Å². The van der Waals surface area contributed by atoms with Gasteiger partial charge in [0, 0.05) is 11.8 Å². The van der Waals surface area contributed by atoms with E-state index >= 15 is 0 Å². The van der Waals surface area contributed by atoms with Crippen LogP contribution in [0.3, 0.4) is 0 Å². The van der Waals surface area contributed by atoms with Crippen molar-refractivity contribution in [3.63, 3.8) is 0 Å². The monoisotopic (exact) mass is 625 g/mol. The van der Waals surface area contributed by atoms with Crippen LogP contribution in [0.15, 0.2) is 107 Å². The zero-order chi connectivity index (χ0) is 31.0. The number of sulfonamides is 2. The summed E-state index contributed by atoms with van der Waals surface area (Å²) in [7, 11) is -5.32. The molecule has 1 amide bonds. The fourth-order valence-corrected chi connectivity index (χ4v) is 6.62. The summed E-state index contributed by atoms with van der Waals surface area (Å²) in [5.74, 6) is 0.380. The number of nitrogens with zero attached hydrogens (tertiary/aromatic N) is 1. The summed E-state index contributed by atoms with van der Waals surface area (Å²) in [6, 6.07) is 24.4. The van der Waals surface area contributed by atoms with Gasteiger partial charge in [0.25, 0.3) is 20.0 Å². The van der Waals surface area contributed by atoms with Crippen LogP contribution in [0.2, 0.25) is 0 Å². The predicted octanol–water partition coefficient (Wildman–Crippen LogP) is 4.74. The highest BCUT2D eigenvalue weighted by atomic mass is 32.2. The lowest BCUT2D eigenvalue weighted by molar-refractivity contribution is -0.114. The van der Waals surface area contributed by atoms with E-state index in [0.717, 1.165) is 4.31 Å². The van der Waals surface area contributed by atoms with E-state index in [0.29, 0.717) is 17.2 Å². The first-order valence-corrected chi connectivity index (χ1v) is 16.0. The number of para-hydroxylation sites is 2. The van der Waals surface area contributed by atoms with Gasteiger partial charge in [0.05, 0.1) is 42.0 Å². The summed E-state index contributed by atoms with van der Waals surface area (Å²) in [4.78, 5) is 13.1. The quantitative estimate of drug-likeness (QED) is 0.217. The lowest BCUT2D eigenvalue weighted by atomic mass is 10.3. The van der Waals surface area contributed by atoms with E-state index in [1.54, 1.807) is 61.5 Å². The Bertz CT molecular complexity index is 1780. The zero-order valence-electron chi connectivity index (χ0n) is 23.7. The maximum Gasteiger partial charge on any atom is 0.264 e. The number of carbonyl (C=O) groups excluding carboxylic acids is 1. The molecule has 0 unspecified atom stereocenters. The van der Waals surface area contributed by atoms with Crippen molar-refractivity contribution in [2.75, 3.05) is 41.7 Å². The standard InChI is InChI=1S/C30H31N3O8S2/c1-4-41-29-13-9-8-12-27(29)33(43(37,38)25-10-6-5-7-11-25)21-30(34)31-22-14-17-24(18-15-22)42(35,36)32-26-20-23(39-2)16-19-28(26)40-3/h5-20,32H,4,21H2,1-3H3,(H,31,34). The molecule has 0 fully saturated rings. The molecule has 0 bridgehead atoms. The van der Waals surface area contributed by atoms with Gasteiger partial charge in [-0.05, 0) is 67.6 Å². The molecule has 4 rings (SSSR count). The molecule has 0 saturated heterocycles. The molecule has 0 radical (unpaired) electrons. The van der Waals surface area contributed by atoms with Crippen molar-refractivity contribution >= 4 is 43.0 Å². The van der Waals surface area contributed by atoms with Gasteiger partial charge < -0.3 is 19.5 Å². The SMILES string of the molecule is CCOc1ccccc1N(CC(=O)Nc1ccc(S(=O)(=O)Nc2cc(OC)ccc2OC)cc1)S(=O)(=O)c1ccccc1. The Hall–Kier alpha value is -4.75. The Labute approximate surface area is 251 Å². The van der Waals surface area contributed by atoms with Gasteiger partial charge in [-0.1, -0.05) is 30.3 Å². The molecular formula is C30H31N3O8S2. The van der Waals surface area contributed by atoms with Gasteiger partial charge in [-0.2, -0.15) is 0 Å². The van der Waals surface area contributed by atoms with Crippen molar-refractivity contribution in [1.29, 1.82) is 0 Å². The van der Waals surface area contributed by atoms with Gasteiger partial charge in [0.15, 0.2) is 0 Å². The van der Waals surface area contributed by atoms with E-state index in [2.05, 4.69) is 10.0 Å². The summed E-state index contributed by atoms with van der Waals surface area (Å²) in [5, 5.41) is 2.64. The third-order valence-corrected chi connectivity index (χ3v) is 9.31. The molecule has 0 aliphatic carbocycles. The normalized spacial score (nSPS) is 11.3. The highest BCUT2D eigenvalue weighted by Crippen LogP contribution is 2.33. The Morgan fingerprint density at radius 1 is 0.767 bits per heavy atom. The summed E-state index contributed by atoms with van der Waals surface area (Å²) in [5.41, 5.74) is 0.646. The summed E-state index contributed by atoms with van der Waals surface area (Å²) >= 11 is 0. The number of carbonyl (C=O) groups is 1. The van der Waals surface area contributed by atoms with Gasteiger partial charge >= 0.3 is 0 Å². The van der Waals surface area contributed by atoms with Crippen molar-refractivity contribution < 1.29 is 35.8 Å². The molecule has 0 aliphatic rings. The van der Waals surface area contributed by atoms with Crippen LogP contribution < -0.4 is 28.6 Å². The van der Waals surface area contributed by atoms with Crippen molar-refractivity contribution in [2.24, 2.45) is 0 Å². The van der Waals surface area contributed by atoms with E-state index in [9.17, 15) is 21.6 Å². The van der Waals surface area contributed by atoms with Gasteiger partial charge in [-0.25, -0.2) is 16.8 Å². The number of hydrogen-bond acceptors (Lipinski definition) is 8. The molecule has 0 heterocycles. The Balaban J connectivity index is 1.56. The van der Waals surface area contributed by atoms with Gasteiger partial charge in [-0.15, -0.1) is 0 Å². The molecule has 0 saturated carbocycles. The fourth-order valence-electron chi connectivity index (χ4n) is 4.11. The number of methoxy groups -OCH3 is 2. The van der Waals surface area contributed by atoms with E-state index < -0.39 is 32.5 Å². The first kappa shape index (κ1) is 31.2. The molecule has 0 aromatic heterocycles. The molecule has 0 atom stereocenters. The number of rotatable bonds is 13. The molecule has 2 N–H and O–H groups in total. The van der Waals surface area contributed by atoms with E-state index in [1.807, 2.05) is 0 Å². The number of ether oxygens (including phenoxy) is 3. The molecule has 0 aliphatic heterocycles. The maximum atomic E-state index is 13.7. The van der Waals surface area contributed by atoms with Crippen LogP contribution in [0.1, 0.15) is 6.92 Å². The molecule has 4 aromatic carbocycles. The minimum atomic E-state index is -4.16. The topological polar surface area (TPSA) is 140 Å². The van der Waals surface area contributed by atoms with Crippen LogP contribution in [-0.2, 0) is 24.8 Å². The van der Waals surface area contributed by atoms with Gasteiger partial charge in [0.2, 0.25) is 5.91 Å². The second-order valence-corrected chi connectivity index (χ2v) is 12.5. The smallest absolute Gasteiger partial charge is 0.264 e. The van der Waals surface area contributed by atoms with Crippen molar-refractivity contribution in [3.8, 4) is 17.2 Å². The Morgan fingerprint density at radius 2 is 1.44 bits per heavy atom. The van der Waals surface area contributed by atoms with E-state index in [-0.39, 0.29) is 33.5 Å². The molecule has 43 heavy (non-hydrogen) atoms. The van der Waals surface area contributed by atoms with Crippen LogP contribution in [-0.4, -0.2) is 50.1 Å². The number of hydrogen-bond donors (Lipinski definition) is 2. The fraction of sp³-hybridized carbons (Fsp3) is 0.167. The average molecular weight is 626 g/mol. The van der Waals surface area contributed by atoms with Crippen molar-refractivity contribution in [3.05, 3.63) is 97.1 Å². The minimum absolute atomic E-state index is 0.00354. The van der Waals surface area contributed by atoms with Crippen LogP contribution in [0.25, 0.3) is 0 Å². The predicted molar refractivity (Wildman–Crippen MR) is 164 cm³/mol. The minimum Gasteiger partial charge on any atom is -0.497 e. The number of benzene rings is 4. The summed E-state index contributed by atoms with van der Waals surface area (Å²) in [6.45, 7) is 1.49. The van der Waals surface area contributed by atoms with E-state index in [1.165, 1.54) is 56.7 Å². The van der Waals surface area contributed by atoms with Crippen molar-refractivity contribution in [2.45, 2.75) is 16.7 Å². The highest BCUT2D eigenvalue weighted by Gasteiger charge is 2.29. The van der Waals surface area contributed by atoms with Gasteiger partial charge in [-0.3, -0.25) is 13.8 Å². The lowest BCUT2D eigenvalue weighted by Gasteiger charge is -2.26. The maximum absolute atomic E-state index is 13.7. The first-order chi connectivity index (χ1) is 20.6. The highest BCUT2D eigenvalue weighted by molar-refractivity contribution is 7.93. The van der Waals surface area contributed by atoms with E-state index in [4.69, 9.17) is 14.2 Å². The molecular weight excluding hydrogens is 594 g/mol. The second-order valence-electron chi connectivity index (χ2n) is 8.97.